The molecule has 2 aromatic rings. The summed E-state index contributed by atoms with van der Waals surface area (Å²) in [5.41, 5.74) is 9.02. The molecule has 0 atom stereocenters. The number of benzene rings is 2. The molecule has 23 heavy (non-hydrogen) atoms. The molecule has 0 radical (unpaired) electrons. The van der Waals surface area contributed by atoms with E-state index in [0.717, 1.165) is 17.1 Å². The third-order valence-corrected chi connectivity index (χ3v) is 3.46. The molecule has 0 bridgehead atoms. The van der Waals surface area contributed by atoms with Crippen LogP contribution in [-0.4, -0.2) is 40.1 Å². The fourth-order valence-electron chi connectivity index (χ4n) is 2.24. The van der Waals surface area contributed by atoms with E-state index in [1.165, 1.54) is 0 Å². The Hall–Kier alpha value is -2.76. The lowest BCUT2D eigenvalue weighted by molar-refractivity contribution is -0.476. The molecule has 0 aliphatic heterocycles. The van der Waals surface area contributed by atoms with Gasteiger partial charge in [-0.1, -0.05) is 10.8 Å². The number of nitrogens with zero attached hydrogens (tertiary/aromatic N) is 3. The van der Waals surface area contributed by atoms with Crippen molar-refractivity contribution in [3.8, 4) is 11.5 Å². The molecular formula is C17H23N4O2+. The van der Waals surface area contributed by atoms with Gasteiger partial charge in [-0.15, -0.1) is 0 Å². The number of methoxy groups -OCH3 is 2. The van der Waals surface area contributed by atoms with Crippen molar-refractivity contribution in [1.29, 1.82) is 0 Å². The van der Waals surface area contributed by atoms with Crippen LogP contribution in [0.15, 0.2) is 41.5 Å². The molecule has 0 saturated heterocycles. The summed E-state index contributed by atoms with van der Waals surface area (Å²) < 4.78 is 12.7. The monoisotopic (exact) mass is 315 g/mol. The average molecular weight is 315 g/mol. The van der Waals surface area contributed by atoms with Gasteiger partial charge < -0.3 is 20.1 Å². The summed E-state index contributed by atoms with van der Waals surface area (Å²) in [4.78, 5) is 1.97. The first kappa shape index (κ1) is 16.6. The van der Waals surface area contributed by atoms with Gasteiger partial charge in [-0.05, 0) is 6.07 Å². The van der Waals surface area contributed by atoms with Crippen molar-refractivity contribution in [2.45, 2.75) is 0 Å². The molecule has 2 N–H and O–H groups in total. The number of hydrogen-bond donors (Lipinski definition) is 1. The summed E-state index contributed by atoms with van der Waals surface area (Å²) in [6.07, 6.45) is 0. The second-order valence-electron chi connectivity index (χ2n) is 5.31. The maximum Gasteiger partial charge on any atom is 0.233 e. The molecular weight excluding hydrogens is 292 g/mol. The lowest BCUT2D eigenvalue weighted by atomic mass is 10.2. The fraction of sp³-hybridized carbons (Fsp3) is 0.294. The standard InChI is InChI=1S/C17H23N4O2/c1-20(2)15-11-16(22-4)14(10-17(15)23-5)19-21(3)13-8-6-7-12(18)9-13/h6-11H,18H2,1-5H3/q+1. The van der Waals surface area contributed by atoms with Gasteiger partial charge in [0.25, 0.3) is 0 Å². The smallest absolute Gasteiger partial charge is 0.233 e. The maximum atomic E-state index is 5.83. The molecule has 6 heteroatoms. The first-order valence-electron chi connectivity index (χ1n) is 7.20. The maximum absolute atomic E-state index is 5.83. The van der Waals surface area contributed by atoms with Gasteiger partial charge in [0, 0.05) is 49.2 Å². The minimum Gasteiger partial charge on any atom is -0.494 e. The number of nitrogens with two attached hydrogens (primary N) is 1. The minimum atomic E-state index is 0.672. The number of azo groups is 2. The molecule has 6 nitrogen and oxygen atoms in total. The van der Waals surface area contributed by atoms with E-state index in [-0.39, 0.29) is 0 Å². The summed E-state index contributed by atoms with van der Waals surface area (Å²) in [5, 5.41) is 4.60. The van der Waals surface area contributed by atoms with Crippen LogP contribution < -0.4 is 20.1 Å². The molecule has 0 spiro atoms. The van der Waals surface area contributed by atoms with Crippen molar-refractivity contribution in [2.24, 2.45) is 5.11 Å². The summed E-state index contributed by atoms with van der Waals surface area (Å²) >= 11 is 0. The third-order valence-electron chi connectivity index (χ3n) is 3.46. The second kappa shape index (κ2) is 7.00. The molecule has 2 aromatic carbocycles. The zero-order valence-electron chi connectivity index (χ0n) is 14.2. The highest BCUT2D eigenvalue weighted by Gasteiger charge is 2.16. The van der Waals surface area contributed by atoms with Crippen molar-refractivity contribution in [2.75, 3.05) is 46.0 Å². The molecule has 0 amide bonds. The van der Waals surface area contributed by atoms with E-state index < -0.39 is 0 Å². The van der Waals surface area contributed by atoms with Gasteiger partial charge in [0.1, 0.15) is 5.75 Å². The average Bonchev–Trinajstić information content (AvgIpc) is 2.54. The number of anilines is 2. The van der Waals surface area contributed by atoms with Crippen molar-refractivity contribution in [3.05, 3.63) is 36.4 Å². The van der Waals surface area contributed by atoms with Gasteiger partial charge >= 0.3 is 0 Å². The van der Waals surface area contributed by atoms with Crippen LogP contribution >= 0.6 is 0 Å². The zero-order valence-corrected chi connectivity index (χ0v) is 14.2. The van der Waals surface area contributed by atoms with Crippen molar-refractivity contribution in [1.82, 2.24) is 0 Å². The van der Waals surface area contributed by atoms with Crippen LogP contribution in [0.2, 0.25) is 0 Å². The summed E-state index contributed by atoms with van der Waals surface area (Å²) in [5.74, 6) is 1.40. The number of rotatable bonds is 5. The van der Waals surface area contributed by atoms with Crippen LogP contribution in [0.3, 0.4) is 0 Å². The lowest BCUT2D eigenvalue weighted by Crippen LogP contribution is -2.10. The predicted molar refractivity (Wildman–Crippen MR) is 92.7 cm³/mol. The molecule has 0 aliphatic rings. The van der Waals surface area contributed by atoms with Gasteiger partial charge in [0.2, 0.25) is 5.69 Å². The summed E-state index contributed by atoms with van der Waals surface area (Å²) in [7, 11) is 9.03. The zero-order chi connectivity index (χ0) is 17.0. The minimum absolute atomic E-state index is 0.672. The van der Waals surface area contributed by atoms with E-state index in [9.17, 15) is 0 Å². The highest BCUT2D eigenvalue weighted by atomic mass is 16.5. The topological polar surface area (TPSA) is 63.1 Å². The van der Waals surface area contributed by atoms with Gasteiger partial charge in [-0.2, -0.15) is 0 Å². The van der Waals surface area contributed by atoms with Crippen LogP contribution in [0, 0.1) is 0 Å². The van der Waals surface area contributed by atoms with Crippen molar-refractivity contribution in [3.63, 3.8) is 0 Å². The molecule has 0 unspecified atom stereocenters. The number of nitrogen functional groups attached to an aromatic ring is 1. The Kier molecular flexibility index (Phi) is 5.05. The van der Waals surface area contributed by atoms with E-state index in [1.54, 1.807) is 18.9 Å². The van der Waals surface area contributed by atoms with Gasteiger partial charge in [-0.3, -0.25) is 0 Å². The Morgan fingerprint density at radius 3 is 2.30 bits per heavy atom. The lowest BCUT2D eigenvalue weighted by Gasteiger charge is -2.18. The van der Waals surface area contributed by atoms with E-state index >= 15 is 0 Å². The molecule has 0 saturated carbocycles. The highest BCUT2D eigenvalue weighted by Crippen LogP contribution is 2.39. The number of hydrogen-bond acceptors (Lipinski definition) is 5. The largest absolute Gasteiger partial charge is 0.494 e. The Bertz CT molecular complexity index is 727. The van der Waals surface area contributed by atoms with Crippen LogP contribution in [-0.2, 0) is 0 Å². The predicted octanol–water partition coefficient (Wildman–Crippen LogP) is 3.41. The van der Waals surface area contributed by atoms with Crippen LogP contribution in [0.25, 0.3) is 0 Å². The van der Waals surface area contributed by atoms with Gasteiger partial charge in [0.05, 0.1) is 19.9 Å². The normalized spacial score (nSPS) is 11.3. The number of ether oxygens (including phenoxy) is 2. The Morgan fingerprint density at radius 1 is 1.04 bits per heavy atom. The van der Waals surface area contributed by atoms with Gasteiger partial charge in [0.15, 0.2) is 18.5 Å². The Labute approximate surface area is 136 Å². The summed E-state index contributed by atoms with van der Waals surface area (Å²) in [6, 6.07) is 11.3. The van der Waals surface area contributed by atoms with Crippen molar-refractivity contribution >= 4 is 22.7 Å². The molecule has 0 heterocycles. The molecule has 2 rings (SSSR count). The molecule has 0 fully saturated rings. The quantitative estimate of drug-likeness (QED) is 0.522. The molecule has 122 valence electrons. The van der Waals surface area contributed by atoms with Crippen LogP contribution in [0.1, 0.15) is 0 Å². The summed E-state index contributed by atoms with van der Waals surface area (Å²) in [6.45, 7) is 0. The SMILES string of the molecule is COc1cc(N(C)C)c(OC)cc1N=[N+](C)c1cccc(N)c1. The highest BCUT2D eigenvalue weighted by molar-refractivity contribution is 5.69. The fourth-order valence-corrected chi connectivity index (χ4v) is 2.24. The van der Waals surface area contributed by atoms with E-state index in [0.29, 0.717) is 17.1 Å². The van der Waals surface area contributed by atoms with Crippen LogP contribution in [0.4, 0.5) is 22.7 Å². The molecule has 0 aliphatic carbocycles. The van der Waals surface area contributed by atoms with E-state index in [2.05, 4.69) is 5.11 Å². The van der Waals surface area contributed by atoms with Gasteiger partial charge in [-0.25, -0.2) is 0 Å². The van der Waals surface area contributed by atoms with Crippen molar-refractivity contribution < 1.29 is 14.2 Å². The van der Waals surface area contributed by atoms with E-state index in [1.807, 2.05) is 62.4 Å². The van der Waals surface area contributed by atoms with Crippen LogP contribution in [0.5, 0.6) is 11.5 Å². The first-order chi connectivity index (χ1) is 11.0. The Morgan fingerprint density at radius 2 is 1.74 bits per heavy atom. The second-order valence-corrected chi connectivity index (χ2v) is 5.31. The third kappa shape index (κ3) is 3.71. The Balaban J connectivity index is 2.51. The van der Waals surface area contributed by atoms with E-state index in [4.69, 9.17) is 15.2 Å². The molecule has 0 aromatic heterocycles. The first-order valence-corrected chi connectivity index (χ1v) is 7.20.